The normalized spacial score (nSPS) is 14.1. The molecule has 2 N–H and O–H groups in total. The highest BCUT2D eigenvalue weighted by Gasteiger charge is 2.19. The molecule has 0 spiro atoms. The molecule has 1 rings (SSSR count). The first-order chi connectivity index (χ1) is 8.87. The summed E-state index contributed by atoms with van der Waals surface area (Å²) in [5.41, 5.74) is 0.0661. The van der Waals surface area contributed by atoms with Crippen molar-refractivity contribution in [2.75, 3.05) is 18.6 Å². The number of benzene rings is 1. The third-order valence-electron chi connectivity index (χ3n) is 2.53. The number of aliphatic hydroxyl groups is 1. The van der Waals surface area contributed by atoms with Crippen molar-refractivity contribution in [3.63, 3.8) is 0 Å². The maximum absolute atomic E-state index is 10.8. The van der Waals surface area contributed by atoms with Crippen LogP contribution in [0.25, 0.3) is 0 Å². The van der Waals surface area contributed by atoms with E-state index in [1.165, 1.54) is 6.07 Å². The van der Waals surface area contributed by atoms with Crippen LogP contribution in [0.3, 0.4) is 0 Å². The molecule has 0 aliphatic carbocycles. The Bertz CT molecular complexity index is 455. The summed E-state index contributed by atoms with van der Waals surface area (Å²) in [5.74, 6) is 0.635. The predicted octanol–water partition coefficient (Wildman–Crippen LogP) is 2.56. The van der Waals surface area contributed by atoms with Gasteiger partial charge in [0, 0.05) is 24.9 Å². The Hall–Kier alpha value is -0.630. The number of halogens is 1. The van der Waals surface area contributed by atoms with Gasteiger partial charge in [0.1, 0.15) is 0 Å². The molecule has 1 aromatic rings. The van der Waals surface area contributed by atoms with Crippen LogP contribution in [0.5, 0.6) is 0 Å². The van der Waals surface area contributed by atoms with Crippen molar-refractivity contribution >= 4 is 33.4 Å². The van der Waals surface area contributed by atoms with Crippen LogP contribution in [0.4, 0.5) is 5.69 Å². The van der Waals surface area contributed by atoms with Gasteiger partial charge in [0.05, 0.1) is 15.0 Å². The zero-order valence-electron chi connectivity index (χ0n) is 10.9. The van der Waals surface area contributed by atoms with E-state index in [0.29, 0.717) is 23.3 Å². The Balaban J connectivity index is 2.64. The molecule has 106 valence electrons. The number of rotatable bonds is 7. The molecule has 1 unspecified atom stereocenters. The molecule has 0 saturated carbocycles. The highest BCUT2D eigenvalue weighted by atomic mass is 79.9. The molecule has 0 aliphatic rings. The van der Waals surface area contributed by atoms with Crippen LogP contribution in [0, 0.1) is 10.1 Å². The van der Waals surface area contributed by atoms with Gasteiger partial charge in [-0.15, -0.1) is 0 Å². The molecule has 0 amide bonds. The molecule has 1 aromatic carbocycles. The van der Waals surface area contributed by atoms with Crippen molar-refractivity contribution < 1.29 is 10.0 Å². The number of nitro groups is 1. The second-order valence-electron chi connectivity index (χ2n) is 4.54. The number of hydrogen-bond donors (Lipinski definition) is 2. The van der Waals surface area contributed by atoms with Gasteiger partial charge in [-0.3, -0.25) is 10.1 Å². The van der Waals surface area contributed by atoms with E-state index in [-0.39, 0.29) is 5.69 Å². The van der Waals surface area contributed by atoms with Gasteiger partial charge >= 0.3 is 0 Å². The molecule has 0 saturated heterocycles. The number of nitrogens with zero attached hydrogens (tertiary/aromatic N) is 1. The van der Waals surface area contributed by atoms with Gasteiger partial charge in [-0.05, 0) is 34.7 Å². The summed E-state index contributed by atoms with van der Waals surface area (Å²) < 4.78 is 0.483. The van der Waals surface area contributed by atoms with Crippen molar-refractivity contribution in [2.45, 2.75) is 19.1 Å². The highest BCUT2D eigenvalue weighted by Crippen LogP contribution is 2.28. The lowest BCUT2D eigenvalue weighted by molar-refractivity contribution is -0.385. The van der Waals surface area contributed by atoms with Gasteiger partial charge in [-0.1, -0.05) is 12.1 Å². The van der Waals surface area contributed by atoms with E-state index in [2.05, 4.69) is 21.2 Å². The van der Waals surface area contributed by atoms with Crippen LogP contribution in [-0.2, 0) is 6.54 Å². The highest BCUT2D eigenvalue weighted by molar-refractivity contribution is 9.10. The fraction of sp³-hybridized carbons (Fsp3) is 0.500. The van der Waals surface area contributed by atoms with E-state index in [1.54, 1.807) is 24.8 Å². The average Bonchev–Trinajstić information content (AvgIpc) is 2.30. The summed E-state index contributed by atoms with van der Waals surface area (Å²) in [6.07, 6.45) is 1.94. The summed E-state index contributed by atoms with van der Waals surface area (Å²) in [6.45, 7) is 2.66. The average molecular weight is 349 g/mol. The van der Waals surface area contributed by atoms with E-state index in [4.69, 9.17) is 0 Å². The molecule has 0 bridgehead atoms. The fourth-order valence-corrected chi connectivity index (χ4v) is 2.95. The second kappa shape index (κ2) is 7.23. The molecule has 0 aromatic heterocycles. The van der Waals surface area contributed by atoms with Crippen molar-refractivity contribution in [3.8, 4) is 0 Å². The summed E-state index contributed by atoms with van der Waals surface area (Å²) in [7, 11) is 0. The predicted molar refractivity (Wildman–Crippen MR) is 81.5 cm³/mol. The minimum Gasteiger partial charge on any atom is -0.388 e. The van der Waals surface area contributed by atoms with E-state index in [1.807, 2.05) is 12.3 Å². The first-order valence-electron chi connectivity index (χ1n) is 5.71. The van der Waals surface area contributed by atoms with Gasteiger partial charge < -0.3 is 10.4 Å². The Labute approximate surface area is 125 Å². The van der Waals surface area contributed by atoms with Crippen LogP contribution in [-0.4, -0.2) is 34.2 Å². The summed E-state index contributed by atoms with van der Waals surface area (Å²) in [4.78, 5) is 10.4. The van der Waals surface area contributed by atoms with E-state index in [0.717, 1.165) is 5.56 Å². The largest absolute Gasteiger partial charge is 0.388 e. The van der Waals surface area contributed by atoms with Crippen LogP contribution in [0.1, 0.15) is 12.5 Å². The summed E-state index contributed by atoms with van der Waals surface area (Å²) >= 11 is 4.82. The van der Waals surface area contributed by atoms with Gasteiger partial charge in [0.2, 0.25) is 0 Å². The molecule has 0 aliphatic heterocycles. The number of nitro benzene ring substituents is 1. The molecule has 1 atom stereocenters. The standard InChI is InChI=1S/C12H17BrN2O3S/c1-12(16,8-19-2)7-14-6-9-4-3-5-10(11(9)13)15(17)18/h3-5,14,16H,6-8H2,1-2H3. The topological polar surface area (TPSA) is 75.4 Å². The van der Waals surface area contributed by atoms with Gasteiger partial charge in [0.25, 0.3) is 5.69 Å². The van der Waals surface area contributed by atoms with Gasteiger partial charge in [-0.2, -0.15) is 11.8 Å². The van der Waals surface area contributed by atoms with Gasteiger partial charge in [-0.25, -0.2) is 0 Å². The maximum atomic E-state index is 10.8. The smallest absolute Gasteiger partial charge is 0.283 e. The molecule has 19 heavy (non-hydrogen) atoms. The SMILES string of the molecule is CSCC(C)(O)CNCc1cccc([N+](=O)[O-])c1Br. The Morgan fingerprint density at radius 3 is 2.84 bits per heavy atom. The number of thioether (sulfide) groups is 1. The van der Waals surface area contributed by atoms with Crippen LogP contribution >= 0.6 is 27.7 Å². The monoisotopic (exact) mass is 348 g/mol. The fourth-order valence-electron chi connectivity index (χ4n) is 1.67. The Morgan fingerprint density at radius 1 is 1.58 bits per heavy atom. The third kappa shape index (κ3) is 5.10. The van der Waals surface area contributed by atoms with E-state index in [9.17, 15) is 15.2 Å². The Morgan fingerprint density at radius 2 is 2.26 bits per heavy atom. The van der Waals surface area contributed by atoms with Gasteiger partial charge in [0.15, 0.2) is 0 Å². The third-order valence-corrected chi connectivity index (χ3v) is 4.36. The van der Waals surface area contributed by atoms with Crippen molar-refractivity contribution in [3.05, 3.63) is 38.3 Å². The molecular weight excluding hydrogens is 332 g/mol. The number of hydrogen-bond acceptors (Lipinski definition) is 5. The quantitative estimate of drug-likeness (QED) is 0.585. The van der Waals surface area contributed by atoms with Crippen molar-refractivity contribution in [1.29, 1.82) is 0 Å². The Kier molecular flexibility index (Phi) is 6.25. The molecule has 7 heteroatoms. The second-order valence-corrected chi connectivity index (χ2v) is 6.20. The minimum absolute atomic E-state index is 0.0511. The number of nitrogens with one attached hydrogen (secondary N) is 1. The first-order valence-corrected chi connectivity index (χ1v) is 7.90. The summed E-state index contributed by atoms with van der Waals surface area (Å²) in [6, 6.07) is 4.92. The van der Waals surface area contributed by atoms with Crippen molar-refractivity contribution in [1.82, 2.24) is 5.32 Å². The lowest BCUT2D eigenvalue weighted by Gasteiger charge is -2.22. The molecular formula is C12H17BrN2O3S. The zero-order chi connectivity index (χ0) is 14.5. The molecule has 0 heterocycles. The maximum Gasteiger partial charge on any atom is 0.283 e. The lowest BCUT2D eigenvalue weighted by Crippen LogP contribution is -2.39. The first kappa shape index (κ1) is 16.4. The van der Waals surface area contributed by atoms with E-state index >= 15 is 0 Å². The minimum atomic E-state index is -0.785. The molecule has 0 fully saturated rings. The van der Waals surface area contributed by atoms with Crippen LogP contribution < -0.4 is 5.32 Å². The molecule has 0 radical (unpaired) electrons. The summed E-state index contributed by atoms with van der Waals surface area (Å²) in [5, 5.41) is 23.9. The zero-order valence-corrected chi connectivity index (χ0v) is 13.3. The van der Waals surface area contributed by atoms with E-state index < -0.39 is 10.5 Å². The molecule has 5 nitrogen and oxygen atoms in total. The van der Waals surface area contributed by atoms with Crippen molar-refractivity contribution in [2.24, 2.45) is 0 Å². The van der Waals surface area contributed by atoms with Crippen LogP contribution in [0.2, 0.25) is 0 Å². The lowest BCUT2D eigenvalue weighted by atomic mass is 10.1. The van der Waals surface area contributed by atoms with Crippen LogP contribution in [0.15, 0.2) is 22.7 Å².